The summed E-state index contributed by atoms with van der Waals surface area (Å²) in [5.41, 5.74) is 1.46. The Morgan fingerprint density at radius 3 is 2.60 bits per heavy atom. The molecule has 0 unspecified atom stereocenters. The number of rotatable bonds is 4. The average Bonchev–Trinajstić information content (AvgIpc) is 3.08. The van der Waals surface area contributed by atoms with Crippen LogP contribution in [0.15, 0.2) is 46.9 Å². The van der Waals surface area contributed by atoms with Gasteiger partial charge in [-0.05, 0) is 42.0 Å². The lowest BCUT2D eigenvalue weighted by atomic mass is 10.1. The number of ether oxygens (including phenoxy) is 1. The Morgan fingerprint density at radius 2 is 1.92 bits per heavy atom. The van der Waals surface area contributed by atoms with Gasteiger partial charge in [0.05, 0.1) is 18.2 Å². The Morgan fingerprint density at radius 1 is 1.16 bits per heavy atom. The second-order valence-corrected chi connectivity index (χ2v) is 5.45. The van der Waals surface area contributed by atoms with E-state index in [1.165, 1.54) is 19.2 Å². The summed E-state index contributed by atoms with van der Waals surface area (Å²) in [4.78, 5) is 11.4. The number of esters is 1. The first-order chi connectivity index (χ1) is 12.1. The van der Waals surface area contributed by atoms with Crippen molar-refractivity contribution in [1.82, 2.24) is 10.2 Å². The molecule has 0 spiro atoms. The Kier molecular flexibility index (Phi) is 4.90. The van der Waals surface area contributed by atoms with Crippen LogP contribution in [0.4, 0.5) is 4.39 Å². The first kappa shape index (κ1) is 16.9. The lowest BCUT2D eigenvalue weighted by molar-refractivity contribution is 0.0600. The third kappa shape index (κ3) is 3.92. The van der Waals surface area contributed by atoms with Crippen molar-refractivity contribution in [3.63, 3.8) is 0 Å². The zero-order valence-electron chi connectivity index (χ0n) is 13.1. The summed E-state index contributed by atoms with van der Waals surface area (Å²) in [5.74, 6) is -0.650. The van der Waals surface area contributed by atoms with Crippen LogP contribution < -0.4 is 0 Å². The van der Waals surface area contributed by atoms with Crippen LogP contribution in [0.3, 0.4) is 0 Å². The molecular weight excluding hydrogens is 347 g/mol. The van der Waals surface area contributed by atoms with Crippen LogP contribution in [0, 0.1) is 5.82 Å². The van der Waals surface area contributed by atoms with Gasteiger partial charge in [-0.25, -0.2) is 9.18 Å². The molecule has 0 N–H and O–H groups in total. The fourth-order valence-electron chi connectivity index (χ4n) is 2.09. The number of halogens is 2. The molecule has 0 radical (unpaired) electrons. The number of hydrogen-bond donors (Lipinski definition) is 0. The number of methoxy groups -OCH3 is 1. The summed E-state index contributed by atoms with van der Waals surface area (Å²) in [7, 11) is 1.33. The van der Waals surface area contributed by atoms with E-state index in [-0.39, 0.29) is 22.4 Å². The smallest absolute Gasteiger partial charge is 0.337 e. The van der Waals surface area contributed by atoms with E-state index >= 15 is 0 Å². The molecule has 5 nitrogen and oxygen atoms in total. The molecule has 0 aliphatic heterocycles. The maximum atomic E-state index is 13.9. The number of nitrogens with zero attached hydrogens (tertiary/aromatic N) is 2. The minimum Gasteiger partial charge on any atom is -0.465 e. The number of benzene rings is 2. The third-order valence-corrected chi connectivity index (χ3v) is 3.59. The van der Waals surface area contributed by atoms with Crippen LogP contribution in [-0.2, 0) is 4.74 Å². The highest BCUT2D eigenvalue weighted by molar-refractivity contribution is 6.30. The molecule has 2 aromatic carbocycles. The van der Waals surface area contributed by atoms with Gasteiger partial charge in [0.2, 0.25) is 5.89 Å². The van der Waals surface area contributed by atoms with Gasteiger partial charge in [0.25, 0.3) is 5.89 Å². The van der Waals surface area contributed by atoms with Crippen molar-refractivity contribution in [3.05, 3.63) is 70.3 Å². The van der Waals surface area contributed by atoms with E-state index < -0.39 is 11.8 Å². The highest BCUT2D eigenvalue weighted by Crippen LogP contribution is 2.24. The normalized spacial score (nSPS) is 11.0. The number of carbonyl (C=O) groups excluding carboxylic acids is 1. The van der Waals surface area contributed by atoms with Gasteiger partial charge in [0.15, 0.2) is 0 Å². The maximum Gasteiger partial charge on any atom is 0.337 e. The van der Waals surface area contributed by atoms with Crippen LogP contribution in [0.25, 0.3) is 23.6 Å². The zero-order chi connectivity index (χ0) is 17.8. The van der Waals surface area contributed by atoms with Crippen LogP contribution >= 0.6 is 11.6 Å². The van der Waals surface area contributed by atoms with Crippen molar-refractivity contribution in [2.75, 3.05) is 7.11 Å². The van der Waals surface area contributed by atoms with E-state index in [9.17, 15) is 9.18 Å². The summed E-state index contributed by atoms with van der Waals surface area (Å²) in [6, 6.07) is 11.0. The standard InChI is InChI=1S/C18H12ClFN2O3/c1-24-18(23)12-5-2-11(3-6-12)4-9-16-21-22-17(25-16)14-8-7-13(19)10-15(14)20/h2-10H,1H3. The predicted molar refractivity (Wildman–Crippen MR) is 91.4 cm³/mol. The molecule has 0 bridgehead atoms. The lowest BCUT2D eigenvalue weighted by Gasteiger charge is -1.99. The summed E-state index contributed by atoms with van der Waals surface area (Å²) in [5, 5.41) is 7.97. The van der Waals surface area contributed by atoms with E-state index in [0.29, 0.717) is 5.56 Å². The molecule has 0 amide bonds. The maximum absolute atomic E-state index is 13.9. The second kappa shape index (κ2) is 7.27. The topological polar surface area (TPSA) is 65.2 Å². The van der Waals surface area contributed by atoms with Gasteiger partial charge in [-0.3, -0.25) is 0 Å². The first-order valence-corrected chi connectivity index (χ1v) is 7.60. The Labute approximate surface area is 147 Å². The monoisotopic (exact) mass is 358 g/mol. The van der Waals surface area contributed by atoms with Gasteiger partial charge in [-0.2, -0.15) is 0 Å². The van der Waals surface area contributed by atoms with E-state index in [1.54, 1.807) is 42.5 Å². The summed E-state index contributed by atoms with van der Waals surface area (Å²) in [6.07, 6.45) is 3.33. The molecule has 0 atom stereocenters. The third-order valence-electron chi connectivity index (χ3n) is 3.35. The van der Waals surface area contributed by atoms with Crippen molar-refractivity contribution >= 4 is 29.7 Å². The molecule has 0 saturated carbocycles. The Balaban J connectivity index is 1.76. The minimum atomic E-state index is -0.537. The molecule has 0 aliphatic rings. The molecule has 3 aromatic rings. The van der Waals surface area contributed by atoms with Crippen molar-refractivity contribution in [1.29, 1.82) is 0 Å². The molecule has 7 heteroatoms. The van der Waals surface area contributed by atoms with E-state index in [4.69, 9.17) is 16.0 Å². The molecular formula is C18H12ClFN2O3. The Hall–Kier alpha value is -2.99. The van der Waals surface area contributed by atoms with Gasteiger partial charge in [0, 0.05) is 11.1 Å². The first-order valence-electron chi connectivity index (χ1n) is 7.22. The quantitative estimate of drug-likeness (QED) is 0.643. The molecule has 3 rings (SSSR count). The molecule has 0 aliphatic carbocycles. The molecule has 1 heterocycles. The van der Waals surface area contributed by atoms with Crippen molar-refractivity contribution in [2.45, 2.75) is 0 Å². The minimum absolute atomic E-state index is 0.0647. The van der Waals surface area contributed by atoms with Gasteiger partial charge in [0.1, 0.15) is 5.82 Å². The van der Waals surface area contributed by atoms with Gasteiger partial charge < -0.3 is 9.15 Å². The summed E-state index contributed by atoms with van der Waals surface area (Å²) < 4.78 is 23.9. The lowest BCUT2D eigenvalue weighted by Crippen LogP contribution is -2.00. The number of carbonyl (C=O) groups is 1. The Bertz CT molecular complexity index is 936. The van der Waals surface area contributed by atoms with E-state index in [1.807, 2.05) is 0 Å². The van der Waals surface area contributed by atoms with Crippen LogP contribution in [0.5, 0.6) is 0 Å². The number of hydrogen-bond acceptors (Lipinski definition) is 5. The molecule has 25 heavy (non-hydrogen) atoms. The average molecular weight is 359 g/mol. The predicted octanol–water partition coefficient (Wildman–Crippen LogP) is 4.49. The second-order valence-electron chi connectivity index (χ2n) is 5.02. The largest absolute Gasteiger partial charge is 0.465 e. The highest BCUT2D eigenvalue weighted by atomic mass is 35.5. The fraction of sp³-hybridized carbons (Fsp3) is 0.0556. The van der Waals surface area contributed by atoms with Crippen molar-refractivity contribution in [3.8, 4) is 11.5 Å². The summed E-state index contributed by atoms with van der Waals surface area (Å²) in [6.45, 7) is 0. The van der Waals surface area contributed by atoms with Crippen molar-refractivity contribution in [2.24, 2.45) is 0 Å². The zero-order valence-corrected chi connectivity index (χ0v) is 13.8. The van der Waals surface area contributed by atoms with E-state index in [2.05, 4.69) is 14.9 Å². The van der Waals surface area contributed by atoms with Gasteiger partial charge >= 0.3 is 5.97 Å². The van der Waals surface area contributed by atoms with Gasteiger partial charge in [-0.15, -0.1) is 10.2 Å². The highest BCUT2D eigenvalue weighted by Gasteiger charge is 2.12. The molecule has 0 fully saturated rings. The summed E-state index contributed by atoms with van der Waals surface area (Å²) >= 11 is 5.72. The van der Waals surface area contributed by atoms with Crippen molar-refractivity contribution < 1.29 is 18.3 Å². The van der Waals surface area contributed by atoms with Crippen LogP contribution in [0.2, 0.25) is 5.02 Å². The van der Waals surface area contributed by atoms with E-state index in [0.717, 1.165) is 5.56 Å². The SMILES string of the molecule is COC(=O)c1ccc(C=Cc2nnc(-c3ccc(Cl)cc3F)o2)cc1. The molecule has 0 saturated heterocycles. The molecule has 1 aromatic heterocycles. The van der Waals surface area contributed by atoms with Gasteiger partial charge in [-0.1, -0.05) is 23.7 Å². The number of aromatic nitrogens is 2. The van der Waals surface area contributed by atoms with Crippen LogP contribution in [-0.4, -0.2) is 23.3 Å². The fourth-order valence-corrected chi connectivity index (χ4v) is 2.25. The molecule has 126 valence electrons. The van der Waals surface area contributed by atoms with Crippen LogP contribution in [0.1, 0.15) is 21.8 Å².